The number of nitrogens with one attached hydrogen (secondary N) is 1. The van der Waals surface area contributed by atoms with Gasteiger partial charge in [0.05, 0.1) is 5.52 Å². The van der Waals surface area contributed by atoms with Crippen LogP contribution in [0.4, 0.5) is 5.69 Å². The Labute approximate surface area is 168 Å². The highest BCUT2D eigenvalue weighted by molar-refractivity contribution is 6.18. The first-order valence-electron chi connectivity index (χ1n) is 8.89. The van der Waals surface area contributed by atoms with E-state index in [1.807, 2.05) is 24.5 Å². The smallest absolute Gasteiger partial charge is 0.341 e. The summed E-state index contributed by atoms with van der Waals surface area (Å²) in [7, 11) is 0. The van der Waals surface area contributed by atoms with Gasteiger partial charge in [-0.05, 0) is 32.0 Å². The molecule has 0 saturated heterocycles. The van der Waals surface area contributed by atoms with Crippen LogP contribution in [-0.4, -0.2) is 58.5 Å². The zero-order valence-electron chi connectivity index (χ0n) is 15.5. The zero-order valence-corrected chi connectivity index (χ0v) is 17.1. The van der Waals surface area contributed by atoms with Crippen molar-refractivity contribution < 1.29 is 9.90 Å². The van der Waals surface area contributed by atoms with E-state index in [9.17, 15) is 14.7 Å². The third-order valence-electron chi connectivity index (χ3n) is 4.38. The standard InChI is InChI=1S/C19H25Cl2N3O3/c1-13(2)24-12-16(19(26)27)18(25)15-4-3-14(11-17(15)24)22-7-10-23(8-5-20)9-6-21/h3-4,11-13,22H,5-10H2,1-2H3,(H,26,27). The van der Waals surface area contributed by atoms with Crippen molar-refractivity contribution in [1.82, 2.24) is 9.47 Å². The third-order valence-corrected chi connectivity index (χ3v) is 4.72. The Morgan fingerprint density at radius 1 is 1.22 bits per heavy atom. The highest BCUT2D eigenvalue weighted by Crippen LogP contribution is 2.21. The molecule has 148 valence electrons. The van der Waals surface area contributed by atoms with E-state index >= 15 is 0 Å². The Morgan fingerprint density at radius 3 is 2.44 bits per heavy atom. The number of halogens is 2. The van der Waals surface area contributed by atoms with Crippen LogP contribution in [0.15, 0.2) is 29.2 Å². The van der Waals surface area contributed by atoms with Gasteiger partial charge in [0.2, 0.25) is 5.43 Å². The summed E-state index contributed by atoms with van der Waals surface area (Å²) >= 11 is 11.6. The molecule has 0 aliphatic rings. The lowest BCUT2D eigenvalue weighted by atomic mass is 10.1. The number of nitrogens with zero attached hydrogens (tertiary/aromatic N) is 2. The average molecular weight is 414 g/mol. The molecule has 2 aromatic rings. The normalized spacial score (nSPS) is 11.5. The second kappa shape index (κ2) is 9.97. The van der Waals surface area contributed by atoms with Gasteiger partial charge in [0.25, 0.3) is 0 Å². The van der Waals surface area contributed by atoms with Crippen LogP contribution in [0.5, 0.6) is 0 Å². The van der Waals surface area contributed by atoms with Gasteiger partial charge in [0.1, 0.15) is 5.56 Å². The summed E-state index contributed by atoms with van der Waals surface area (Å²) in [6.45, 7) is 6.96. The second-order valence-corrected chi connectivity index (χ2v) is 7.31. The molecule has 27 heavy (non-hydrogen) atoms. The molecular weight excluding hydrogens is 389 g/mol. The molecule has 1 heterocycles. The van der Waals surface area contributed by atoms with Gasteiger partial charge in [0, 0.05) is 61.3 Å². The second-order valence-electron chi connectivity index (χ2n) is 6.56. The number of benzene rings is 1. The number of rotatable bonds is 10. The number of aromatic nitrogens is 1. The number of aromatic carboxylic acids is 1. The molecule has 2 rings (SSSR count). The summed E-state index contributed by atoms with van der Waals surface area (Å²) < 4.78 is 1.82. The molecule has 0 aliphatic heterocycles. The van der Waals surface area contributed by atoms with Crippen LogP contribution in [0.2, 0.25) is 0 Å². The largest absolute Gasteiger partial charge is 0.477 e. The first-order valence-corrected chi connectivity index (χ1v) is 9.96. The quantitative estimate of drug-likeness (QED) is 0.583. The van der Waals surface area contributed by atoms with Crippen molar-refractivity contribution in [3.8, 4) is 0 Å². The van der Waals surface area contributed by atoms with Crippen LogP contribution < -0.4 is 10.7 Å². The lowest BCUT2D eigenvalue weighted by molar-refractivity contribution is 0.0694. The predicted molar refractivity (Wildman–Crippen MR) is 112 cm³/mol. The summed E-state index contributed by atoms with van der Waals surface area (Å²) in [5, 5.41) is 13.0. The Bertz CT molecular complexity index is 846. The van der Waals surface area contributed by atoms with Crippen LogP contribution in [0, 0.1) is 0 Å². The minimum absolute atomic E-state index is 0.0179. The van der Waals surface area contributed by atoms with Crippen LogP contribution >= 0.6 is 23.2 Å². The van der Waals surface area contributed by atoms with E-state index in [2.05, 4.69) is 10.2 Å². The van der Waals surface area contributed by atoms with Crippen molar-refractivity contribution in [2.45, 2.75) is 19.9 Å². The first kappa shape index (κ1) is 21.5. The Kier molecular flexibility index (Phi) is 7.95. The van der Waals surface area contributed by atoms with Crippen LogP contribution in [0.25, 0.3) is 10.9 Å². The number of fused-ring (bicyclic) bond motifs is 1. The molecule has 1 aromatic carbocycles. The molecule has 8 heteroatoms. The highest BCUT2D eigenvalue weighted by atomic mass is 35.5. The average Bonchev–Trinajstić information content (AvgIpc) is 2.61. The summed E-state index contributed by atoms with van der Waals surface area (Å²) in [5.74, 6) is -0.101. The lowest BCUT2D eigenvalue weighted by Gasteiger charge is -2.21. The van der Waals surface area contributed by atoms with E-state index in [4.69, 9.17) is 23.2 Å². The maximum atomic E-state index is 12.5. The number of carboxylic acids is 1. The number of hydrogen-bond acceptors (Lipinski definition) is 4. The first-order chi connectivity index (χ1) is 12.9. The van der Waals surface area contributed by atoms with Crippen LogP contribution in [0.1, 0.15) is 30.2 Å². The SMILES string of the molecule is CC(C)n1cc(C(=O)O)c(=O)c2ccc(NCCN(CCCl)CCCl)cc21. The van der Waals surface area contributed by atoms with E-state index in [0.717, 1.165) is 25.3 Å². The van der Waals surface area contributed by atoms with E-state index in [0.29, 0.717) is 29.2 Å². The van der Waals surface area contributed by atoms with Gasteiger partial charge in [-0.2, -0.15) is 0 Å². The summed E-state index contributed by atoms with van der Waals surface area (Å²) in [6, 6.07) is 5.38. The van der Waals surface area contributed by atoms with Crippen molar-refractivity contribution in [2.24, 2.45) is 0 Å². The molecule has 0 saturated carbocycles. The van der Waals surface area contributed by atoms with Gasteiger partial charge in [0.15, 0.2) is 0 Å². The summed E-state index contributed by atoms with van der Waals surface area (Å²) in [5.41, 5.74) is 0.908. The summed E-state index contributed by atoms with van der Waals surface area (Å²) in [6.07, 6.45) is 1.42. The molecule has 0 atom stereocenters. The van der Waals surface area contributed by atoms with Gasteiger partial charge in [-0.15, -0.1) is 23.2 Å². The highest BCUT2D eigenvalue weighted by Gasteiger charge is 2.16. The van der Waals surface area contributed by atoms with Crippen LogP contribution in [-0.2, 0) is 0 Å². The minimum atomic E-state index is -1.21. The minimum Gasteiger partial charge on any atom is -0.477 e. The Hall–Kier alpha value is -1.76. The van der Waals surface area contributed by atoms with E-state index in [1.165, 1.54) is 6.20 Å². The van der Waals surface area contributed by atoms with Crippen molar-refractivity contribution in [2.75, 3.05) is 43.3 Å². The molecule has 0 fully saturated rings. The Morgan fingerprint density at radius 2 is 1.89 bits per heavy atom. The molecule has 0 spiro atoms. The predicted octanol–water partition coefficient (Wildman–Crippen LogP) is 3.47. The number of carboxylic acid groups (broad SMARTS) is 1. The van der Waals surface area contributed by atoms with E-state index in [1.54, 1.807) is 12.1 Å². The lowest BCUT2D eigenvalue weighted by Crippen LogP contribution is -2.32. The number of anilines is 1. The maximum Gasteiger partial charge on any atom is 0.341 e. The fourth-order valence-electron chi connectivity index (χ4n) is 2.97. The molecule has 6 nitrogen and oxygen atoms in total. The molecular formula is C19H25Cl2N3O3. The molecule has 0 unspecified atom stereocenters. The van der Waals surface area contributed by atoms with Gasteiger partial charge < -0.3 is 15.0 Å². The maximum absolute atomic E-state index is 12.5. The molecule has 0 aliphatic carbocycles. The van der Waals surface area contributed by atoms with Crippen molar-refractivity contribution in [1.29, 1.82) is 0 Å². The Balaban J connectivity index is 2.28. The van der Waals surface area contributed by atoms with Gasteiger partial charge in [-0.3, -0.25) is 9.69 Å². The molecule has 1 aromatic heterocycles. The number of alkyl halides is 2. The third kappa shape index (κ3) is 5.37. The number of pyridine rings is 1. The molecule has 0 radical (unpaired) electrons. The van der Waals surface area contributed by atoms with Gasteiger partial charge in [-0.25, -0.2) is 4.79 Å². The molecule has 2 N–H and O–H groups in total. The van der Waals surface area contributed by atoms with Crippen molar-refractivity contribution >= 4 is 45.8 Å². The van der Waals surface area contributed by atoms with Gasteiger partial charge in [-0.1, -0.05) is 0 Å². The topological polar surface area (TPSA) is 74.6 Å². The fourth-order valence-corrected chi connectivity index (χ4v) is 3.45. The zero-order chi connectivity index (χ0) is 20.0. The van der Waals surface area contributed by atoms with E-state index in [-0.39, 0.29) is 11.6 Å². The van der Waals surface area contributed by atoms with Gasteiger partial charge >= 0.3 is 5.97 Å². The van der Waals surface area contributed by atoms with Crippen molar-refractivity contribution in [3.05, 3.63) is 40.2 Å². The number of carbonyl (C=O) groups is 1. The monoisotopic (exact) mass is 413 g/mol. The number of hydrogen-bond donors (Lipinski definition) is 2. The van der Waals surface area contributed by atoms with E-state index < -0.39 is 11.4 Å². The summed E-state index contributed by atoms with van der Waals surface area (Å²) in [4.78, 5) is 26.0. The van der Waals surface area contributed by atoms with Crippen LogP contribution in [0.3, 0.4) is 0 Å². The molecule has 0 bridgehead atoms. The molecule has 0 amide bonds. The fraction of sp³-hybridized carbons (Fsp3) is 0.474. The van der Waals surface area contributed by atoms with Crippen molar-refractivity contribution in [3.63, 3.8) is 0 Å².